The van der Waals surface area contributed by atoms with Crippen LogP contribution in [-0.4, -0.2) is 43.0 Å². The molecule has 2 atom stereocenters. The summed E-state index contributed by atoms with van der Waals surface area (Å²) in [6.07, 6.45) is 2.46. The third kappa shape index (κ3) is 3.67. The summed E-state index contributed by atoms with van der Waals surface area (Å²) in [5.41, 5.74) is 0. The molecule has 1 aliphatic rings. The molecule has 6 nitrogen and oxygen atoms in total. The van der Waals surface area contributed by atoms with E-state index in [9.17, 15) is 0 Å². The van der Waals surface area contributed by atoms with Crippen LogP contribution in [0.1, 0.15) is 32.6 Å². The zero-order chi connectivity index (χ0) is 13.7. The lowest BCUT2D eigenvalue weighted by Crippen LogP contribution is -2.42. The Hall–Kier alpha value is -1.14. The van der Waals surface area contributed by atoms with Gasteiger partial charge in [-0.3, -0.25) is 0 Å². The number of piperidine rings is 1. The predicted molar refractivity (Wildman–Crippen MR) is 73.1 cm³/mol. The van der Waals surface area contributed by atoms with E-state index in [-0.39, 0.29) is 0 Å². The van der Waals surface area contributed by atoms with Crippen molar-refractivity contribution in [1.82, 2.24) is 15.5 Å². The monoisotopic (exact) mass is 268 g/mol. The molecule has 2 unspecified atom stereocenters. The molecule has 0 spiro atoms. The van der Waals surface area contributed by atoms with Crippen molar-refractivity contribution >= 4 is 6.01 Å². The van der Waals surface area contributed by atoms with Crippen LogP contribution in [0.3, 0.4) is 0 Å². The summed E-state index contributed by atoms with van der Waals surface area (Å²) < 4.78 is 10.7. The zero-order valence-corrected chi connectivity index (χ0v) is 12.1. The van der Waals surface area contributed by atoms with Gasteiger partial charge in [0.15, 0.2) is 0 Å². The van der Waals surface area contributed by atoms with Crippen molar-refractivity contribution in [3.05, 3.63) is 5.89 Å². The van der Waals surface area contributed by atoms with Gasteiger partial charge in [-0.05, 0) is 25.7 Å². The number of nitrogens with one attached hydrogen (secondary N) is 1. The molecule has 0 aliphatic carbocycles. The number of ether oxygens (including phenoxy) is 1. The molecular formula is C13H24N4O2. The minimum atomic E-state index is 0.462. The van der Waals surface area contributed by atoms with Gasteiger partial charge >= 0.3 is 6.01 Å². The Kier molecular flexibility index (Phi) is 5.15. The summed E-state index contributed by atoms with van der Waals surface area (Å²) in [5, 5.41) is 11.4. The lowest BCUT2D eigenvalue weighted by molar-refractivity contribution is 0.198. The average Bonchev–Trinajstić information content (AvgIpc) is 2.87. The fraction of sp³-hybridized carbons (Fsp3) is 0.846. The molecule has 2 heterocycles. The van der Waals surface area contributed by atoms with E-state index in [1.165, 1.54) is 12.8 Å². The molecule has 2 rings (SSSR count). The van der Waals surface area contributed by atoms with Crippen LogP contribution >= 0.6 is 0 Å². The number of aromatic nitrogens is 2. The van der Waals surface area contributed by atoms with Crippen LogP contribution in [0.4, 0.5) is 6.01 Å². The van der Waals surface area contributed by atoms with E-state index in [1.54, 1.807) is 7.11 Å². The molecule has 0 saturated carbocycles. The van der Waals surface area contributed by atoms with Gasteiger partial charge in [0.2, 0.25) is 5.89 Å². The van der Waals surface area contributed by atoms with Crippen LogP contribution in [0.5, 0.6) is 0 Å². The Morgan fingerprint density at radius 3 is 3.05 bits per heavy atom. The van der Waals surface area contributed by atoms with Crippen LogP contribution in [0.25, 0.3) is 0 Å². The maximum Gasteiger partial charge on any atom is 0.318 e. The Bertz CT molecular complexity index is 382. The standard InChI is InChI=1S/C13H24N4O2/c1-10-5-4-7-17(11(10)2)13-16-15-12(19-13)9-14-6-8-18-3/h10-11,14H,4-9H2,1-3H3. The molecule has 1 saturated heterocycles. The molecule has 1 aromatic heterocycles. The number of nitrogens with zero attached hydrogens (tertiary/aromatic N) is 3. The largest absolute Gasteiger partial charge is 0.407 e. The van der Waals surface area contributed by atoms with Crippen LogP contribution in [0, 0.1) is 5.92 Å². The fourth-order valence-electron chi connectivity index (χ4n) is 2.41. The van der Waals surface area contributed by atoms with Crippen LogP contribution in [-0.2, 0) is 11.3 Å². The summed E-state index contributed by atoms with van der Waals surface area (Å²) in [5.74, 6) is 1.31. The highest BCUT2D eigenvalue weighted by Gasteiger charge is 2.28. The highest BCUT2D eigenvalue weighted by Crippen LogP contribution is 2.27. The van der Waals surface area contributed by atoms with Gasteiger partial charge in [0.1, 0.15) is 0 Å². The Labute approximate surface area is 114 Å². The lowest BCUT2D eigenvalue weighted by Gasteiger charge is -2.36. The molecule has 108 valence electrons. The fourth-order valence-corrected chi connectivity index (χ4v) is 2.41. The van der Waals surface area contributed by atoms with E-state index >= 15 is 0 Å². The number of methoxy groups -OCH3 is 1. The first-order chi connectivity index (χ1) is 9.22. The highest BCUT2D eigenvalue weighted by molar-refractivity contribution is 5.27. The molecule has 1 N–H and O–H groups in total. The molecule has 1 aliphatic heterocycles. The summed E-state index contributed by atoms with van der Waals surface area (Å²) in [4.78, 5) is 2.22. The first kappa shape index (κ1) is 14.3. The molecule has 0 bridgehead atoms. The molecular weight excluding hydrogens is 244 g/mol. The topological polar surface area (TPSA) is 63.4 Å². The Morgan fingerprint density at radius 1 is 1.42 bits per heavy atom. The van der Waals surface area contributed by atoms with Gasteiger partial charge in [-0.1, -0.05) is 12.0 Å². The van der Waals surface area contributed by atoms with Crippen molar-refractivity contribution in [3.63, 3.8) is 0 Å². The first-order valence-corrected chi connectivity index (χ1v) is 7.01. The van der Waals surface area contributed by atoms with Gasteiger partial charge in [-0.25, -0.2) is 0 Å². The molecule has 0 amide bonds. The van der Waals surface area contributed by atoms with E-state index in [0.717, 1.165) is 13.1 Å². The second kappa shape index (κ2) is 6.86. The van der Waals surface area contributed by atoms with E-state index in [1.807, 2.05) is 0 Å². The zero-order valence-electron chi connectivity index (χ0n) is 12.1. The first-order valence-electron chi connectivity index (χ1n) is 7.01. The maximum atomic E-state index is 5.72. The third-order valence-electron chi connectivity index (χ3n) is 3.83. The maximum absolute atomic E-state index is 5.72. The molecule has 0 radical (unpaired) electrons. The molecule has 1 fully saturated rings. The van der Waals surface area contributed by atoms with Crippen LogP contribution in [0.15, 0.2) is 4.42 Å². The van der Waals surface area contributed by atoms with E-state index < -0.39 is 0 Å². The molecule has 1 aromatic rings. The second-order valence-electron chi connectivity index (χ2n) is 5.20. The molecule has 6 heteroatoms. The third-order valence-corrected chi connectivity index (χ3v) is 3.83. The predicted octanol–water partition coefficient (Wildman–Crippen LogP) is 1.43. The van der Waals surface area contributed by atoms with E-state index in [0.29, 0.717) is 37.0 Å². The minimum absolute atomic E-state index is 0.462. The van der Waals surface area contributed by atoms with Gasteiger partial charge < -0.3 is 19.4 Å². The minimum Gasteiger partial charge on any atom is -0.407 e. The summed E-state index contributed by atoms with van der Waals surface area (Å²) >= 11 is 0. The van der Waals surface area contributed by atoms with Gasteiger partial charge in [-0.15, -0.1) is 5.10 Å². The summed E-state index contributed by atoms with van der Waals surface area (Å²) in [7, 11) is 1.69. The summed E-state index contributed by atoms with van der Waals surface area (Å²) in [6, 6.07) is 1.12. The lowest BCUT2D eigenvalue weighted by atomic mass is 9.92. The van der Waals surface area contributed by atoms with E-state index in [2.05, 4.69) is 34.3 Å². The SMILES string of the molecule is COCCNCc1nnc(N2CCCC(C)C2C)o1. The number of hydrogen-bond donors (Lipinski definition) is 1. The van der Waals surface area contributed by atoms with Crippen molar-refractivity contribution in [2.45, 2.75) is 39.3 Å². The highest BCUT2D eigenvalue weighted by atomic mass is 16.5. The summed E-state index contributed by atoms with van der Waals surface area (Å²) in [6.45, 7) is 7.57. The van der Waals surface area contributed by atoms with Crippen molar-refractivity contribution in [2.24, 2.45) is 5.92 Å². The number of anilines is 1. The van der Waals surface area contributed by atoms with Crippen LogP contribution in [0.2, 0.25) is 0 Å². The molecule has 0 aromatic carbocycles. The van der Waals surface area contributed by atoms with Crippen molar-refractivity contribution in [2.75, 3.05) is 31.7 Å². The average molecular weight is 268 g/mol. The number of hydrogen-bond acceptors (Lipinski definition) is 6. The smallest absolute Gasteiger partial charge is 0.318 e. The van der Waals surface area contributed by atoms with Gasteiger partial charge in [0, 0.05) is 26.2 Å². The van der Waals surface area contributed by atoms with Crippen molar-refractivity contribution in [1.29, 1.82) is 0 Å². The Balaban J connectivity index is 1.89. The Morgan fingerprint density at radius 2 is 2.26 bits per heavy atom. The van der Waals surface area contributed by atoms with Gasteiger partial charge in [0.05, 0.1) is 13.2 Å². The van der Waals surface area contributed by atoms with Crippen molar-refractivity contribution < 1.29 is 9.15 Å². The normalized spacial score (nSPS) is 23.8. The number of rotatable bonds is 6. The van der Waals surface area contributed by atoms with Gasteiger partial charge in [-0.2, -0.15) is 0 Å². The second-order valence-corrected chi connectivity index (χ2v) is 5.20. The quantitative estimate of drug-likeness (QED) is 0.787. The van der Waals surface area contributed by atoms with Crippen molar-refractivity contribution in [3.8, 4) is 0 Å². The molecule has 19 heavy (non-hydrogen) atoms. The van der Waals surface area contributed by atoms with E-state index in [4.69, 9.17) is 9.15 Å². The van der Waals surface area contributed by atoms with Crippen LogP contribution < -0.4 is 10.2 Å². The van der Waals surface area contributed by atoms with Gasteiger partial charge in [0.25, 0.3) is 0 Å².